The maximum Gasteiger partial charge on any atom is 0.229 e. The Labute approximate surface area is 123 Å². The highest BCUT2D eigenvalue weighted by molar-refractivity contribution is 9.10. The van der Waals surface area contributed by atoms with Gasteiger partial charge in [0, 0.05) is 13.6 Å². The number of hydrogen-bond acceptors (Lipinski definition) is 3. The molecule has 0 N–H and O–H groups in total. The molecule has 0 saturated carbocycles. The summed E-state index contributed by atoms with van der Waals surface area (Å²) in [4.78, 5) is 10.7. The molecule has 1 aromatic rings. The maximum atomic E-state index is 5.52. The van der Waals surface area contributed by atoms with Gasteiger partial charge in [-0.3, -0.25) is 0 Å². The Bertz CT molecular complexity index is 508. The SMILES string of the molecule is C#CC(C)Oc1nc(C)c(N=CN(C)CC)cc1Br. The van der Waals surface area contributed by atoms with E-state index < -0.39 is 0 Å². The van der Waals surface area contributed by atoms with Crippen LogP contribution in [0.15, 0.2) is 15.5 Å². The standard InChI is InChI=1S/C14H18BrN3O/c1-6-10(3)19-14-12(15)8-13(11(4)17-14)16-9-18(5)7-2/h1,8-10H,7H2,2-5H3. The van der Waals surface area contributed by atoms with Crippen LogP contribution in [0.1, 0.15) is 19.5 Å². The van der Waals surface area contributed by atoms with E-state index in [1.165, 1.54) is 0 Å². The summed E-state index contributed by atoms with van der Waals surface area (Å²) in [5.41, 5.74) is 1.59. The monoisotopic (exact) mass is 323 g/mol. The number of nitrogens with zero attached hydrogens (tertiary/aromatic N) is 3. The minimum absolute atomic E-state index is 0.316. The van der Waals surface area contributed by atoms with Gasteiger partial charge in [0.05, 0.1) is 22.2 Å². The molecule has 0 radical (unpaired) electrons. The molecule has 1 aromatic heterocycles. The fourth-order valence-corrected chi connectivity index (χ4v) is 1.61. The van der Waals surface area contributed by atoms with E-state index in [0.717, 1.165) is 22.4 Å². The summed E-state index contributed by atoms with van der Waals surface area (Å²) in [6.45, 7) is 6.65. The van der Waals surface area contributed by atoms with Gasteiger partial charge in [0.25, 0.3) is 0 Å². The highest BCUT2D eigenvalue weighted by atomic mass is 79.9. The lowest BCUT2D eigenvalue weighted by atomic mass is 10.3. The Balaban J connectivity index is 2.97. The molecule has 19 heavy (non-hydrogen) atoms. The fraction of sp³-hybridized carbons (Fsp3) is 0.429. The van der Waals surface area contributed by atoms with E-state index in [2.05, 4.69) is 38.8 Å². The van der Waals surface area contributed by atoms with Gasteiger partial charge in [-0.15, -0.1) is 6.42 Å². The average molecular weight is 324 g/mol. The summed E-state index contributed by atoms with van der Waals surface area (Å²) >= 11 is 3.42. The van der Waals surface area contributed by atoms with Crippen LogP contribution >= 0.6 is 15.9 Å². The van der Waals surface area contributed by atoms with Crippen molar-refractivity contribution >= 4 is 28.0 Å². The highest BCUT2D eigenvalue weighted by Crippen LogP contribution is 2.30. The molecule has 1 unspecified atom stereocenters. The molecule has 102 valence electrons. The van der Waals surface area contributed by atoms with Crippen molar-refractivity contribution in [2.75, 3.05) is 13.6 Å². The van der Waals surface area contributed by atoms with Gasteiger partial charge in [0.1, 0.15) is 0 Å². The topological polar surface area (TPSA) is 37.7 Å². The minimum Gasteiger partial charge on any atom is -0.461 e. The second-order valence-electron chi connectivity index (χ2n) is 4.12. The van der Waals surface area contributed by atoms with Gasteiger partial charge in [-0.25, -0.2) is 9.98 Å². The van der Waals surface area contributed by atoms with Crippen LogP contribution in [0.5, 0.6) is 5.88 Å². The van der Waals surface area contributed by atoms with Crippen molar-refractivity contribution in [3.8, 4) is 18.2 Å². The first-order valence-corrected chi connectivity index (χ1v) is 6.81. The van der Waals surface area contributed by atoms with Gasteiger partial charge < -0.3 is 9.64 Å². The highest BCUT2D eigenvalue weighted by Gasteiger charge is 2.10. The molecule has 0 aromatic carbocycles. The summed E-state index contributed by atoms with van der Waals surface area (Å²) in [6, 6.07) is 1.88. The zero-order valence-corrected chi connectivity index (χ0v) is 13.2. The molecule has 0 bridgehead atoms. The maximum absolute atomic E-state index is 5.52. The third kappa shape index (κ3) is 4.56. The lowest BCUT2D eigenvalue weighted by molar-refractivity contribution is 0.265. The normalized spacial score (nSPS) is 12.2. The fourth-order valence-electron chi connectivity index (χ4n) is 1.21. The molecular formula is C14H18BrN3O. The zero-order chi connectivity index (χ0) is 14.4. The Kier molecular flexibility index (Phi) is 5.84. The molecule has 0 amide bonds. The van der Waals surface area contributed by atoms with Gasteiger partial charge >= 0.3 is 0 Å². The van der Waals surface area contributed by atoms with Crippen molar-refractivity contribution in [2.24, 2.45) is 4.99 Å². The molecule has 0 saturated heterocycles. The lowest BCUT2D eigenvalue weighted by Crippen LogP contribution is -2.14. The van der Waals surface area contributed by atoms with Crippen molar-refractivity contribution in [2.45, 2.75) is 26.9 Å². The molecule has 0 aliphatic rings. The number of terminal acetylenes is 1. The van der Waals surface area contributed by atoms with Crippen LogP contribution in [-0.2, 0) is 0 Å². The first-order chi connectivity index (χ1) is 8.97. The van der Waals surface area contributed by atoms with E-state index >= 15 is 0 Å². The van der Waals surface area contributed by atoms with Gasteiger partial charge in [0.15, 0.2) is 6.10 Å². The molecule has 1 rings (SSSR count). The largest absolute Gasteiger partial charge is 0.461 e. The Morgan fingerprint density at radius 3 is 2.95 bits per heavy atom. The van der Waals surface area contributed by atoms with Crippen LogP contribution in [0.2, 0.25) is 0 Å². The molecule has 1 atom stereocenters. The number of aromatic nitrogens is 1. The molecule has 0 fully saturated rings. The van der Waals surface area contributed by atoms with Crippen LogP contribution < -0.4 is 4.74 Å². The molecular weight excluding hydrogens is 306 g/mol. The van der Waals surface area contributed by atoms with E-state index in [1.54, 1.807) is 13.3 Å². The second kappa shape index (κ2) is 7.15. The van der Waals surface area contributed by atoms with Gasteiger partial charge in [-0.2, -0.15) is 0 Å². The number of aliphatic imine (C=N–C) groups is 1. The predicted molar refractivity (Wildman–Crippen MR) is 82.1 cm³/mol. The number of pyridine rings is 1. The third-order valence-electron chi connectivity index (χ3n) is 2.52. The zero-order valence-electron chi connectivity index (χ0n) is 11.6. The van der Waals surface area contributed by atoms with Crippen LogP contribution in [0.25, 0.3) is 0 Å². The van der Waals surface area contributed by atoms with Gasteiger partial charge in [-0.1, -0.05) is 5.92 Å². The summed E-state index contributed by atoms with van der Waals surface area (Å²) in [5, 5.41) is 0. The van der Waals surface area contributed by atoms with Crippen molar-refractivity contribution in [3.63, 3.8) is 0 Å². The quantitative estimate of drug-likeness (QED) is 0.474. The molecule has 0 aliphatic carbocycles. The molecule has 0 aliphatic heterocycles. The second-order valence-corrected chi connectivity index (χ2v) is 4.98. The number of halogens is 1. The Hall–Kier alpha value is -1.54. The lowest BCUT2D eigenvalue weighted by Gasteiger charge is -2.12. The van der Waals surface area contributed by atoms with Crippen LogP contribution in [-0.4, -0.2) is 35.9 Å². The Morgan fingerprint density at radius 2 is 2.37 bits per heavy atom. The summed E-state index contributed by atoms with van der Waals surface area (Å²) in [5.74, 6) is 2.99. The van der Waals surface area contributed by atoms with Crippen LogP contribution in [0.4, 0.5) is 5.69 Å². The number of hydrogen-bond donors (Lipinski definition) is 0. The van der Waals surface area contributed by atoms with Crippen molar-refractivity contribution in [3.05, 3.63) is 16.2 Å². The first-order valence-electron chi connectivity index (χ1n) is 6.02. The molecule has 4 nitrogen and oxygen atoms in total. The van der Waals surface area contributed by atoms with Crippen molar-refractivity contribution in [1.82, 2.24) is 9.88 Å². The summed E-state index contributed by atoms with van der Waals surface area (Å²) in [7, 11) is 1.97. The predicted octanol–water partition coefficient (Wildman–Crippen LogP) is 3.16. The number of ether oxygens (including phenoxy) is 1. The molecule has 5 heteroatoms. The van der Waals surface area contributed by atoms with E-state index in [-0.39, 0.29) is 6.10 Å². The summed E-state index contributed by atoms with van der Waals surface area (Å²) in [6.07, 6.45) is 6.75. The average Bonchev–Trinajstić information content (AvgIpc) is 2.40. The van der Waals surface area contributed by atoms with Crippen LogP contribution in [0, 0.1) is 19.3 Å². The van der Waals surface area contributed by atoms with E-state index in [9.17, 15) is 0 Å². The third-order valence-corrected chi connectivity index (χ3v) is 3.09. The first kappa shape index (κ1) is 15.5. The van der Waals surface area contributed by atoms with Crippen molar-refractivity contribution in [1.29, 1.82) is 0 Å². The van der Waals surface area contributed by atoms with Crippen LogP contribution in [0.3, 0.4) is 0 Å². The minimum atomic E-state index is -0.316. The van der Waals surface area contributed by atoms with Gasteiger partial charge in [0.2, 0.25) is 5.88 Å². The number of aryl methyl sites for hydroxylation is 1. The van der Waals surface area contributed by atoms with Gasteiger partial charge in [-0.05, 0) is 42.8 Å². The molecule has 0 spiro atoms. The number of rotatable bonds is 5. The smallest absolute Gasteiger partial charge is 0.229 e. The molecule has 1 heterocycles. The van der Waals surface area contributed by atoms with E-state index in [4.69, 9.17) is 11.2 Å². The van der Waals surface area contributed by atoms with Crippen molar-refractivity contribution < 1.29 is 4.74 Å². The Morgan fingerprint density at radius 1 is 1.68 bits per heavy atom. The van der Waals surface area contributed by atoms with E-state index in [0.29, 0.717) is 5.88 Å². The summed E-state index contributed by atoms with van der Waals surface area (Å²) < 4.78 is 6.26. The van der Waals surface area contributed by atoms with E-state index in [1.807, 2.05) is 24.9 Å².